The third-order valence-electron chi connectivity index (χ3n) is 4.04. The molecular formula is C19H24N2O5S. The number of imide groups is 1. The number of cyclic esters (lactones) is 1. The summed E-state index contributed by atoms with van der Waals surface area (Å²) in [5.74, 6) is -0.459. The van der Waals surface area contributed by atoms with Gasteiger partial charge in [0.15, 0.2) is 0 Å². The van der Waals surface area contributed by atoms with Gasteiger partial charge in [-0.2, -0.15) is 4.31 Å². The van der Waals surface area contributed by atoms with Crippen LogP contribution in [0.2, 0.25) is 0 Å². The highest BCUT2D eigenvalue weighted by Crippen LogP contribution is 2.17. The van der Waals surface area contributed by atoms with Crippen LogP contribution in [0.15, 0.2) is 53.5 Å². The van der Waals surface area contributed by atoms with Gasteiger partial charge in [-0.05, 0) is 38.5 Å². The number of carbonyl (C=O) groups is 2. The second kappa shape index (κ2) is 9.48. The van der Waals surface area contributed by atoms with Gasteiger partial charge in [-0.15, -0.1) is 0 Å². The van der Waals surface area contributed by atoms with E-state index in [1.165, 1.54) is 10.4 Å². The Morgan fingerprint density at radius 3 is 2.56 bits per heavy atom. The van der Waals surface area contributed by atoms with E-state index < -0.39 is 22.0 Å². The quantitative estimate of drug-likeness (QED) is 0.501. The summed E-state index contributed by atoms with van der Waals surface area (Å²) < 4.78 is 31.8. The molecule has 0 aromatic heterocycles. The smallest absolute Gasteiger partial charge is 0.416 e. The van der Waals surface area contributed by atoms with E-state index in [9.17, 15) is 18.0 Å². The van der Waals surface area contributed by atoms with Gasteiger partial charge in [0.25, 0.3) is 5.91 Å². The molecule has 0 atom stereocenters. The van der Waals surface area contributed by atoms with Gasteiger partial charge in [-0.3, -0.25) is 4.79 Å². The Bertz CT molecular complexity index is 828. The minimum Gasteiger partial charge on any atom is -0.447 e. The van der Waals surface area contributed by atoms with E-state index in [4.69, 9.17) is 4.74 Å². The van der Waals surface area contributed by atoms with Gasteiger partial charge in [0.05, 0.1) is 11.4 Å². The normalized spacial score (nSPS) is 15.2. The summed E-state index contributed by atoms with van der Waals surface area (Å²) in [6, 6.07) is 6.69. The molecule has 7 nitrogen and oxygen atoms in total. The fourth-order valence-electron chi connectivity index (χ4n) is 2.48. The van der Waals surface area contributed by atoms with Gasteiger partial charge in [0.2, 0.25) is 10.0 Å². The van der Waals surface area contributed by atoms with Crippen molar-refractivity contribution in [1.29, 1.82) is 0 Å². The number of rotatable bonds is 8. The van der Waals surface area contributed by atoms with E-state index in [1.54, 1.807) is 42.5 Å². The molecule has 0 spiro atoms. The van der Waals surface area contributed by atoms with Gasteiger partial charge < -0.3 is 4.74 Å². The minimum atomic E-state index is -3.64. The van der Waals surface area contributed by atoms with Gasteiger partial charge in [-0.25, -0.2) is 18.1 Å². The number of aryl methyl sites for hydroxylation is 1. The molecule has 8 heteroatoms. The number of carbonyl (C=O) groups excluding carboxylic acids is 2. The van der Waals surface area contributed by atoms with Crippen LogP contribution in [0.25, 0.3) is 0 Å². The Labute approximate surface area is 160 Å². The summed E-state index contributed by atoms with van der Waals surface area (Å²) in [5.41, 5.74) is 0.982. The Hall–Kier alpha value is -2.45. The molecule has 0 saturated carbocycles. The van der Waals surface area contributed by atoms with Gasteiger partial charge >= 0.3 is 6.09 Å². The molecule has 0 bridgehead atoms. The predicted octanol–water partition coefficient (Wildman–Crippen LogP) is 2.49. The predicted molar refractivity (Wildman–Crippen MR) is 102 cm³/mol. The number of hydrogen-bond donors (Lipinski definition) is 0. The van der Waals surface area contributed by atoms with Crippen molar-refractivity contribution >= 4 is 22.0 Å². The van der Waals surface area contributed by atoms with Crippen molar-refractivity contribution in [2.45, 2.75) is 25.2 Å². The van der Waals surface area contributed by atoms with Crippen LogP contribution in [-0.4, -0.2) is 55.9 Å². The third-order valence-corrected chi connectivity index (χ3v) is 5.92. The molecular weight excluding hydrogens is 368 g/mol. The fraction of sp³-hybridized carbons (Fsp3) is 0.368. The van der Waals surface area contributed by atoms with Crippen molar-refractivity contribution < 1.29 is 22.7 Å². The van der Waals surface area contributed by atoms with Crippen LogP contribution in [0.4, 0.5) is 4.79 Å². The average molecular weight is 392 g/mol. The first kappa shape index (κ1) is 20.9. The minimum absolute atomic E-state index is 0.199. The SMILES string of the molecule is C/C=C\CN(CC/C=C/C(=O)N1CCOC1=O)S(=O)(=O)c1ccc(C)cc1. The number of ether oxygens (including phenoxy) is 1. The molecule has 1 aliphatic rings. The van der Waals surface area contributed by atoms with Crippen molar-refractivity contribution in [2.75, 3.05) is 26.2 Å². The van der Waals surface area contributed by atoms with Crippen LogP contribution in [-0.2, 0) is 19.6 Å². The summed E-state index contributed by atoms with van der Waals surface area (Å²) in [6.45, 7) is 4.61. The largest absolute Gasteiger partial charge is 0.447 e. The van der Waals surface area contributed by atoms with Crippen molar-refractivity contribution in [3.05, 3.63) is 54.1 Å². The first-order valence-corrected chi connectivity index (χ1v) is 10.1. The van der Waals surface area contributed by atoms with Crippen molar-refractivity contribution in [3.63, 3.8) is 0 Å². The van der Waals surface area contributed by atoms with Crippen LogP contribution in [0.1, 0.15) is 18.9 Å². The summed E-state index contributed by atoms with van der Waals surface area (Å²) >= 11 is 0. The maximum absolute atomic E-state index is 12.9. The molecule has 0 radical (unpaired) electrons. The average Bonchev–Trinajstić information content (AvgIpc) is 3.07. The maximum atomic E-state index is 12.9. The highest BCUT2D eigenvalue weighted by molar-refractivity contribution is 7.89. The zero-order valence-corrected chi connectivity index (χ0v) is 16.3. The number of nitrogens with zero attached hydrogens (tertiary/aromatic N) is 2. The molecule has 27 heavy (non-hydrogen) atoms. The molecule has 2 amide bonds. The standard InChI is InChI=1S/C19H24N2O5S/c1-3-4-12-20(27(24,25)17-10-8-16(2)9-11-17)13-6-5-7-18(22)21-14-15-26-19(21)23/h3-5,7-11H,6,12-15H2,1-2H3/b4-3-,7-5+. The number of benzene rings is 1. The fourth-order valence-corrected chi connectivity index (χ4v) is 3.88. The lowest BCUT2D eigenvalue weighted by Gasteiger charge is -2.20. The number of hydrogen-bond acceptors (Lipinski definition) is 5. The van der Waals surface area contributed by atoms with Gasteiger partial charge in [0.1, 0.15) is 6.61 Å². The molecule has 0 N–H and O–H groups in total. The molecule has 1 saturated heterocycles. The molecule has 2 rings (SSSR count). The van der Waals surface area contributed by atoms with Crippen LogP contribution in [0, 0.1) is 6.92 Å². The zero-order valence-electron chi connectivity index (χ0n) is 15.5. The third kappa shape index (κ3) is 5.51. The van der Waals surface area contributed by atoms with E-state index in [0.717, 1.165) is 10.5 Å². The Morgan fingerprint density at radius 1 is 1.26 bits per heavy atom. The van der Waals surface area contributed by atoms with E-state index in [-0.39, 0.29) is 31.1 Å². The lowest BCUT2D eigenvalue weighted by atomic mass is 10.2. The van der Waals surface area contributed by atoms with Crippen molar-refractivity contribution in [2.24, 2.45) is 0 Å². The van der Waals surface area contributed by atoms with E-state index >= 15 is 0 Å². The molecule has 0 unspecified atom stereocenters. The van der Waals surface area contributed by atoms with Gasteiger partial charge in [0, 0.05) is 13.1 Å². The zero-order chi connectivity index (χ0) is 19.9. The number of amides is 2. The van der Waals surface area contributed by atoms with Crippen molar-refractivity contribution in [1.82, 2.24) is 9.21 Å². The highest BCUT2D eigenvalue weighted by atomic mass is 32.2. The molecule has 1 aromatic carbocycles. The second-order valence-corrected chi connectivity index (χ2v) is 7.98. The summed E-state index contributed by atoms with van der Waals surface area (Å²) in [6.07, 6.45) is 6.09. The molecule has 0 aliphatic carbocycles. The van der Waals surface area contributed by atoms with E-state index in [2.05, 4.69) is 0 Å². The summed E-state index contributed by atoms with van der Waals surface area (Å²) in [4.78, 5) is 24.5. The maximum Gasteiger partial charge on any atom is 0.416 e. The van der Waals surface area contributed by atoms with E-state index in [0.29, 0.717) is 6.42 Å². The first-order chi connectivity index (χ1) is 12.9. The van der Waals surface area contributed by atoms with Gasteiger partial charge in [-0.1, -0.05) is 35.9 Å². The highest BCUT2D eigenvalue weighted by Gasteiger charge is 2.26. The Morgan fingerprint density at radius 2 is 1.96 bits per heavy atom. The lowest BCUT2D eigenvalue weighted by molar-refractivity contribution is -0.122. The molecule has 1 heterocycles. The van der Waals surface area contributed by atoms with Crippen molar-refractivity contribution in [3.8, 4) is 0 Å². The van der Waals surface area contributed by atoms with Crippen LogP contribution >= 0.6 is 0 Å². The van der Waals surface area contributed by atoms with E-state index in [1.807, 2.05) is 13.8 Å². The molecule has 146 valence electrons. The summed E-state index contributed by atoms with van der Waals surface area (Å²) in [7, 11) is -3.64. The van der Waals surface area contributed by atoms with Crippen LogP contribution < -0.4 is 0 Å². The Kier molecular flexibility index (Phi) is 7.32. The summed E-state index contributed by atoms with van der Waals surface area (Å²) in [5, 5.41) is 0. The first-order valence-electron chi connectivity index (χ1n) is 8.69. The molecule has 1 fully saturated rings. The van der Waals surface area contributed by atoms with Crippen LogP contribution in [0.5, 0.6) is 0 Å². The lowest BCUT2D eigenvalue weighted by Crippen LogP contribution is -2.32. The molecule has 1 aliphatic heterocycles. The van der Waals surface area contributed by atoms with Crippen LogP contribution in [0.3, 0.4) is 0 Å². The topological polar surface area (TPSA) is 84.0 Å². The number of allylic oxidation sites excluding steroid dienone is 1. The number of sulfonamides is 1. The monoisotopic (exact) mass is 392 g/mol. The molecule has 1 aromatic rings. The second-order valence-electron chi connectivity index (χ2n) is 6.04. The Balaban J connectivity index is 2.03.